The van der Waals surface area contributed by atoms with Crippen molar-refractivity contribution in [3.63, 3.8) is 0 Å². The molecule has 0 saturated carbocycles. The number of nitrogens with zero attached hydrogens (tertiary/aromatic N) is 8. The van der Waals surface area contributed by atoms with E-state index in [0.29, 0.717) is 26.5 Å². The number of carbonyl (C=O) groups excluding carboxylic acids is 1. The average Bonchev–Trinajstić information content (AvgIpc) is 3.53. The average molecular weight is 606 g/mol. The molecule has 0 radical (unpaired) electrons. The van der Waals surface area contributed by atoms with Crippen LogP contribution in [0.3, 0.4) is 0 Å². The van der Waals surface area contributed by atoms with E-state index in [1.165, 1.54) is 48.4 Å². The van der Waals surface area contributed by atoms with E-state index in [9.17, 15) is 27.9 Å². The number of aliphatic hydroxyl groups is 1. The van der Waals surface area contributed by atoms with Gasteiger partial charge in [0.05, 0.1) is 42.2 Å². The Balaban J connectivity index is 1.61. The highest BCUT2D eigenvalue weighted by Gasteiger charge is 2.39. The van der Waals surface area contributed by atoms with Gasteiger partial charge in [0.1, 0.15) is 18.7 Å². The van der Waals surface area contributed by atoms with Crippen molar-refractivity contribution in [2.45, 2.75) is 45.1 Å². The third-order valence-corrected chi connectivity index (χ3v) is 6.28. The van der Waals surface area contributed by atoms with E-state index < -0.39 is 24.5 Å². The molecule has 0 bridgehead atoms. The van der Waals surface area contributed by atoms with Crippen LogP contribution in [0.2, 0.25) is 5.02 Å². The molecule has 1 atom stereocenters. The second-order valence-electron chi connectivity index (χ2n) is 9.07. The lowest BCUT2D eigenvalue weighted by molar-refractivity contribution is -0.207. The fourth-order valence-electron chi connectivity index (χ4n) is 3.83. The summed E-state index contributed by atoms with van der Waals surface area (Å²) < 4.78 is 42.2. The zero-order valence-corrected chi connectivity index (χ0v) is 22.6. The molecular formula is C25H23ClF3N9O4. The summed E-state index contributed by atoms with van der Waals surface area (Å²) in [5, 5.41) is 38.0. The number of carbonyl (C=O) groups is 1. The molecule has 0 amide bonds. The number of hydrogen-bond donors (Lipinski definition) is 3. The van der Waals surface area contributed by atoms with Crippen molar-refractivity contribution in [1.82, 2.24) is 34.1 Å². The standard InChI is InChI=1S/C25H23ClF3N9O4/c1-14(35-42)18(30)9-17(39)10-19-20(3-2-8-31-19)38-13-32-22(33-38)12-37-24(41)36(11-21(40)25(27,28)29)23(34-37)15-4-6-16(26)7-5-15/h2-8,13,21,30,40,42H,9-12H2,1H3/b30-18?,35-14-/t21-/m0/s1. The highest BCUT2D eigenvalue weighted by atomic mass is 35.5. The van der Waals surface area contributed by atoms with Crippen molar-refractivity contribution < 1.29 is 28.3 Å². The molecule has 220 valence electrons. The predicted octanol–water partition coefficient (Wildman–Crippen LogP) is 2.68. The number of halogens is 4. The highest BCUT2D eigenvalue weighted by Crippen LogP contribution is 2.24. The van der Waals surface area contributed by atoms with Crippen LogP contribution < -0.4 is 5.69 Å². The second-order valence-corrected chi connectivity index (χ2v) is 9.51. The summed E-state index contributed by atoms with van der Waals surface area (Å²) in [5.74, 6) is -0.422. The molecule has 4 aromatic rings. The Bertz CT molecular complexity index is 1690. The fraction of sp³-hybridized carbons (Fsp3) is 0.280. The Morgan fingerprint density at radius 1 is 1.17 bits per heavy atom. The lowest BCUT2D eigenvalue weighted by atomic mass is 10.1. The van der Waals surface area contributed by atoms with E-state index >= 15 is 0 Å². The van der Waals surface area contributed by atoms with Crippen molar-refractivity contribution in [3.8, 4) is 17.1 Å². The molecule has 4 rings (SSSR count). The summed E-state index contributed by atoms with van der Waals surface area (Å²) in [4.78, 5) is 34.0. The van der Waals surface area contributed by atoms with Crippen LogP contribution in [-0.4, -0.2) is 73.9 Å². The number of benzene rings is 1. The van der Waals surface area contributed by atoms with E-state index in [2.05, 4.69) is 25.3 Å². The summed E-state index contributed by atoms with van der Waals surface area (Å²) in [6.45, 7) is -0.0205. The van der Waals surface area contributed by atoms with Gasteiger partial charge in [0.15, 0.2) is 17.8 Å². The maximum Gasteiger partial charge on any atom is 0.416 e. The molecule has 3 aromatic heterocycles. The summed E-state index contributed by atoms with van der Waals surface area (Å²) in [5.41, 5.74) is -0.0728. The maximum atomic E-state index is 13.1. The summed E-state index contributed by atoms with van der Waals surface area (Å²) >= 11 is 5.91. The largest absolute Gasteiger partial charge is 0.416 e. The number of oxime groups is 1. The number of rotatable bonds is 11. The Kier molecular flexibility index (Phi) is 8.96. The van der Waals surface area contributed by atoms with Crippen molar-refractivity contribution >= 4 is 28.8 Å². The van der Waals surface area contributed by atoms with Crippen LogP contribution in [0.25, 0.3) is 17.1 Å². The van der Waals surface area contributed by atoms with Crippen LogP contribution in [0, 0.1) is 5.41 Å². The van der Waals surface area contributed by atoms with Gasteiger partial charge in [-0.3, -0.25) is 14.3 Å². The molecule has 0 aliphatic rings. The maximum absolute atomic E-state index is 13.1. The molecule has 0 saturated heterocycles. The van der Waals surface area contributed by atoms with Gasteiger partial charge in [0, 0.05) is 16.8 Å². The smallest absolute Gasteiger partial charge is 0.411 e. The van der Waals surface area contributed by atoms with Crippen LogP contribution in [0.5, 0.6) is 0 Å². The summed E-state index contributed by atoms with van der Waals surface area (Å²) in [7, 11) is 0. The fourth-order valence-corrected chi connectivity index (χ4v) is 3.95. The number of pyridine rings is 1. The van der Waals surface area contributed by atoms with E-state index in [-0.39, 0.29) is 48.2 Å². The third-order valence-electron chi connectivity index (χ3n) is 6.03. The minimum atomic E-state index is -4.96. The molecular weight excluding hydrogens is 583 g/mol. The first kappa shape index (κ1) is 30.3. The van der Waals surface area contributed by atoms with Gasteiger partial charge < -0.3 is 15.7 Å². The molecule has 13 nitrogen and oxygen atoms in total. The highest BCUT2D eigenvalue weighted by molar-refractivity contribution is 6.43. The minimum Gasteiger partial charge on any atom is -0.411 e. The first-order valence-electron chi connectivity index (χ1n) is 12.2. The van der Waals surface area contributed by atoms with Crippen LogP contribution in [-0.2, 0) is 24.3 Å². The zero-order valence-electron chi connectivity index (χ0n) is 21.8. The molecule has 0 fully saturated rings. The van der Waals surface area contributed by atoms with Crippen LogP contribution in [0.1, 0.15) is 24.9 Å². The third kappa shape index (κ3) is 6.95. The topological polar surface area (TPSA) is 177 Å². The quantitative estimate of drug-likeness (QED) is 0.133. The molecule has 1 aromatic carbocycles. The van der Waals surface area contributed by atoms with Gasteiger partial charge >= 0.3 is 11.9 Å². The number of alkyl halides is 3. The van der Waals surface area contributed by atoms with Gasteiger partial charge in [0.25, 0.3) is 0 Å². The Morgan fingerprint density at radius 3 is 2.55 bits per heavy atom. The SMILES string of the molecule is C/C(=N/O)C(=N)CC(=O)Cc1ncccc1-n1cnc(Cn2nc(-c3ccc(Cl)cc3)n(C[C@H](O)C(F)(F)F)c2=O)n1. The van der Waals surface area contributed by atoms with Gasteiger partial charge in [-0.05, 0) is 43.3 Å². The normalized spacial score (nSPS) is 12.9. The van der Waals surface area contributed by atoms with Crippen LogP contribution in [0.15, 0.2) is 58.9 Å². The molecule has 0 spiro atoms. The molecule has 0 aliphatic heterocycles. The van der Waals surface area contributed by atoms with Crippen molar-refractivity contribution in [1.29, 1.82) is 5.41 Å². The molecule has 0 unspecified atom stereocenters. The first-order valence-corrected chi connectivity index (χ1v) is 12.6. The minimum absolute atomic E-state index is 0.00957. The van der Waals surface area contributed by atoms with Gasteiger partial charge in [-0.1, -0.05) is 16.8 Å². The molecule has 3 N–H and O–H groups in total. The molecule has 3 heterocycles. The summed E-state index contributed by atoms with van der Waals surface area (Å²) in [6, 6.07) is 9.14. The van der Waals surface area contributed by atoms with E-state index in [1.807, 2.05) is 0 Å². The Morgan fingerprint density at radius 2 is 1.88 bits per heavy atom. The Hall–Kier alpha value is -4.70. The lowest BCUT2D eigenvalue weighted by Gasteiger charge is -2.15. The number of ketones is 1. The van der Waals surface area contributed by atoms with Gasteiger partial charge in [-0.25, -0.2) is 19.1 Å². The lowest BCUT2D eigenvalue weighted by Crippen LogP contribution is -2.37. The number of Topliss-reactive ketones (excluding diaryl/α,β-unsaturated/α-hetero) is 1. The molecule has 17 heteroatoms. The summed E-state index contributed by atoms with van der Waals surface area (Å²) in [6.07, 6.45) is -5.45. The predicted molar refractivity (Wildman–Crippen MR) is 143 cm³/mol. The van der Waals surface area contributed by atoms with E-state index in [0.717, 1.165) is 4.68 Å². The van der Waals surface area contributed by atoms with Crippen molar-refractivity contribution in [2.24, 2.45) is 5.16 Å². The van der Waals surface area contributed by atoms with Crippen molar-refractivity contribution in [2.75, 3.05) is 0 Å². The van der Waals surface area contributed by atoms with Gasteiger partial charge in [-0.2, -0.15) is 13.2 Å². The second kappa shape index (κ2) is 12.4. The van der Waals surface area contributed by atoms with Gasteiger partial charge in [0.2, 0.25) is 0 Å². The molecule has 42 heavy (non-hydrogen) atoms. The van der Waals surface area contributed by atoms with E-state index in [1.54, 1.807) is 12.1 Å². The van der Waals surface area contributed by atoms with Crippen LogP contribution >= 0.6 is 11.6 Å². The van der Waals surface area contributed by atoms with E-state index in [4.69, 9.17) is 22.2 Å². The number of hydrogen-bond acceptors (Lipinski definition) is 10. The molecule has 0 aliphatic carbocycles. The number of nitrogens with one attached hydrogen (secondary N) is 1. The number of aromatic nitrogens is 7. The zero-order chi connectivity index (χ0) is 30.6. The van der Waals surface area contributed by atoms with Crippen molar-refractivity contribution in [3.05, 3.63) is 75.9 Å². The van der Waals surface area contributed by atoms with Crippen LogP contribution in [0.4, 0.5) is 13.2 Å². The Labute approximate surface area is 240 Å². The first-order chi connectivity index (χ1) is 19.9. The number of aliphatic hydroxyl groups excluding tert-OH is 1. The van der Waals surface area contributed by atoms with Gasteiger partial charge in [-0.15, -0.1) is 10.2 Å². The monoisotopic (exact) mass is 605 g/mol.